The number of rotatable bonds is 2. The van der Waals surface area contributed by atoms with Gasteiger partial charge >= 0.3 is 0 Å². The Bertz CT molecular complexity index is 457. The highest BCUT2D eigenvalue weighted by molar-refractivity contribution is 5.29. The molecule has 0 aliphatic rings. The molecule has 15 heavy (non-hydrogen) atoms. The average molecular weight is 202 g/mol. The summed E-state index contributed by atoms with van der Waals surface area (Å²) in [5, 5.41) is 0. The van der Waals surface area contributed by atoms with Crippen molar-refractivity contribution >= 4 is 0 Å². The maximum atomic E-state index is 4.20. The van der Waals surface area contributed by atoms with E-state index in [1.807, 2.05) is 19.2 Å². The van der Waals surface area contributed by atoms with E-state index in [-0.39, 0.29) is 0 Å². The second kappa shape index (κ2) is 3.85. The van der Waals surface area contributed by atoms with E-state index in [4.69, 9.17) is 0 Å². The van der Waals surface area contributed by atoms with E-state index < -0.39 is 0 Å². The highest BCUT2D eigenvalue weighted by Gasteiger charge is 2.13. The van der Waals surface area contributed by atoms with E-state index in [9.17, 15) is 0 Å². The first-order valence-corrected chi connectivity index (χ1v) is 5.20. The van der Waals surface area contributed by atoms with Crippen LogP contribution in [0.15, 0.2) is 36.8 Å². The molecule has 0 amide bonds. The average Bonchev–Trinajstić information content (AvgIpc) is 2.65. The molecule has 2 rings (SSSR count). The minimum absolute atomic E-state index is 0.452. The van der Waals surface area contributed by atoms with Gasteiger partial charge in [-0.1, -0.05) is 0 Å². The molecule has 2 heterocycles. The molecule has 2 aromatic heterocycles. The molecule has 0 fully saturated rings. The molecule has 0 aliphatic heterocycles. The lowest BCUT2D eigenvalue weighted by atomic mass is 10.3. The first kappa shape index (κ1) is 9.90. The van der Waals surface area contributed by atoms with Crippen molar-refractivity contribution in [2.45, 2.75) is 26.8 Å². The molecule has 0 spiro atoms. The van der Waals surface area contributed by atoms with E-state index >= 15 is 0 Å². The fourth-order valence-corrected chi connectivity index (χ4v) is 1.67. The number of hydrogen-bond donors (Lipinski definition) is 0. The van der Waals surface area contributed by atoms with Crippen molar-refractivity contribution in [1.29, 1.82) is 0 Å². The van der Waals surface area contributed by atoms with Crippen LogP contribution < -0.4 is 4.68 Å². The molecule has 3 heteroatoms. The summed E-state index contributed by atoms with van der Waals surface area (Å²) in [6.07, 6.45) is 5.99. The summed E-state index contributed by atoms with van der Waals surface area (Å²) in [7, 11) is 0. The topological polar surface area (TPSA) is 21.7 Å². The highest BCUT2D eigenvalue weighted by atomic mass is 15.4. The third kappa shape index (κ3) is 1.91. The number of aryl methyl sites for hydroxylation is 1. The molecule has 0 unspecified atom stereocenters. The third-order valence-electron chi connectivity index (χ3n) is 2.39. The van der Waals surface area contributed by atoms with Crippen LogP contribution >= 0.6 is 0 Å². The van der Waals surface area contributed by atoms with Crippen LogP contribution in [0.3, 0.4) is 0 Å². The number of aromatic nitrogens is 3. The van der Waals surface area contributed by atoms with Gasteiger partial charge in [-0.15, -0.1) is 9.36 Å². The number of pyridine rings is 1. The molecular weight excluding hydrogens is 186 g/mol. The van der Waals surface area contributed by atoms with Gasteiger partial charge in [-0.05, 0) is 32.9 Å². The smallest absolute Gasteiger partial charge is 0.196 e. The zero-order valence-electron chi connectivity index (χ0n) is 9.38. The Labute approximate surface area is 90.0 Å². The first-order chi connectivity index (χ1) is 7.18. The minimum atomic E-state index is 0.452. The van der Waals surface area contributed by atoms with Gasteiger partial charge in [0.1, 0.15) is 5.69 Å². The van der Waals surface area contributed by atoms with Gasteiger partial charge in [0.15, 0.2) is 12.2 Å². The summed E-state index contributed by atoms with van der Waals surface area (Å²) in [5.74, 6) is 0. The van der Waals surface area contributed by atoms with E-state index in [1.54, 1.807) is 0 Å². The van der Waals surface area contributed by atoms with Gasteiger partial charge in [-0.25, -0.2) is 0 Å². The molecule has 0 saturated heterocycles. The van der Waals surface area contributed by atoms with Crippen molar-refractivity contribution in [3.8, 4) is 5.69 Å². The van der Waals surface area contributed by atoms with Gasteiger partial charge in [0.2, 0.25) is 0 Å². The zero-order valence-corrected chi connectivity index (χ0v) is 9.38. The van der Waals surface area contributed by atoms with E-state index in [0.29, 0.717) is 6.04 Å². The zero-order chi connectivity index (χ0) is 10.8. The molecule has 0 aliphatic carbocycles. The van der Waals surface area contributed by atoms with Crippen LogP contribution in [0.1, 0.15) is 25.6 Å². The SMILES string of the molecule is Cc1cc(-n2ccc[n+]2C(C)C)ccn1. The summed E-state index contributed by atoms with van der Waals surface area (Å²) in [6, 6.07) is 6.61. The normalized spacial score (nSPS) is 10.9. The fraction of sp³-hybridized carbons (Fsp3) is 0.333. The van der Waals surface area contributed by atoms with Gasteiger partial charge in [0.05, 0.1) is 6.20 Å². The summed E-state index contributed by atoms with van der Waals surface area (Å²) in [4.78, 5) is 4.20. The molecule has 0 atom stereocenters. The van der Waals surface area contributed by atoms with Gasteiger partial charge in [0, 0.05) is 18.0 Å². The molecule has 3 nitrogen and oxygen atoms in total. The predicted octanol–water partition coefficient (Wildman–Crippen LogP) is 2.05. The summed E-state index contributed by atoms with van der Waals surface area (Å²) in [5.41, 5.74) is 2.19. The molecule has 78 valence electrons. The van der Waals surface area contributed by atoms with Crippen LogP contribution in [0.5, 0.6) is 0 Å². The van der Waals surface area contributed by atoms with Crippen molar-refractivity contribution in [1.82, 2.24) is 9.67 Å². The Morgan fingerprint density at radius 2 is 2.20 bits per heavy atom. The van der Waals surface area contributed by atoms with Crippen molar-refractivity contribution < 1.29 is 4.68 Å². The number of hydrogen-bond acceptors (Lipinski definition) is 1. The Balaban J connectivity index is 2.49. The Morgan fingerprint density at radius 3 is 2.87 bits per heavy atom. The molecule has 0 radical (unpaired) electrons. The van der Waals surface area contributed by atoms with E-state index in [1.165, 1.54) is 0 Å². The van der Waals surface area contributed by atoms with Gasteiger partial charge in [-0.3, -0.25) is 4.98 Å². The van der Waals surface area contributed by atoms with Crippen molar-refractivity contribution in [2.24, 2.45) is 0 Å². The van der Waals surface area contributed by atoms with Crippen molar-refractivity contribution in [2.75, 3.05) is 0 Å². The summed E-state index contributed by atoms with van der Waals surface area (Å²) >= 11 is 0. The molecule has 0 N–H and O–H groups in total. The standard InChI is InChI=1S/C12H16N3/c1-10(2)14-7-4-8-15(14)12-5-6-13-11(3)9-12/h4-10H,1-3H3/q+1. The Kier molecular flexibility index (Phi) is 2.54. The molecule has 0 saturated carbocycles. The number of nitrogens with zero attached hydrogens (tertiary/aromatic N) is 3. The van der Waals surface area contributed by atoms with E-state index in [0.717, 1.165) is 11.4 Å². The molecule has 0 aromatic carbocycles. The van der Waals surface area contributed by atoms with E-state index in [2.05, 4.69) is 52.7 Å². The minimum Gasteiger partial charge on any atom is -0.261 e. The van der Waals surface area contributed by atoms with Gasteiger partial charge < -0.3 is 0 Å². The quantitative estimate of drug-likeness (QED) is 0.683. The fourth-order valence-electron chi connectivity index (χ4n) is 1.67. The van der Waals surface area contributed by atoms with Crippen LogP contribution in [-0.4, -0.2) is 9.67 Å². The Morgan fingerprint density at radius 1 is 1.40 bits per heavy atom. The van der Waals surface area contributed by atoms with Crippen LogP contribution in [0.25, 0.3) is 5.69 Å². The summed E-state index contributed by atoms with van der Waals surface area (Å²) in [6.45, 7) is 6.35. The Hall–Kier alpha value is -1.64. The molecular formula is C12H16N3+. The second-order valence-corrected chi connectivity index (χ2v) is 3.96. The van der Waals surface area contributed by atoms with Crippen molar-refractivity contribution in [3.63, 3.8) is 0 Å². The molecule has 0 bridgehead atoms. The van der Waals surface area contributed by atoms with Crippen LogP contribution in [0.2, 0.25) is 0 Å². The van der Waals surface area contributed by atoms with Gasteiger partial charge in [0.25, 0.3) is 0 Å². The van der Waals surface area contributed by atoms with Crippen molar-refractivity contribution in [3.05, 3.63) is 42.5 Å². The lowest BCUT2D eigenvalue weighted by molar-refractivity contribution is -0.783. The van der Waals surface area contributed by atoms with Crippen LogP contribution in [-0.2, 0) is 0 Å². The van der Waals surface area contributed by atoms with Crippen LogP contribution in [0, 0.1) is 6.92 Å². The monoisotopic (exact) mass is 202 g/mol. The maximum Gasteiger partial charge on any atom is 0.196 e. The van der Waals surface area contributed by atoms with Crippen LogP contribution in [0.4, 0.5) is 0 Å². The third-order valence-corrected chi connectivity index (χ3v) is 2.39. The second-order valence-electron chi connectivity index (χ2n) is 3.96. The summed E-state index contributed by atoms with van der Waals surface area (Å²) < 4.78 is 4.33. The predicted molar refractivity (Wildman–Crippen MR) is 58.9 cm³/mol. The first-order valence-electron chi connectivity index (χ1n) is 5.20. The maximum absolute atomic E-state index is 4.20. The molecule has 2 aromatic rings. The lowest BCUT2D eigenvalue weighted by Gasteiger charge is -2.05. The highest BCUT2D eigenvalue weighted by Crippen LogP contribution is 2.06. The largest absolute Gasteiger partial charge is 0.261 e. The van der Waals surface area contributed by atoms with Gasteiger partial charge in [-0.2, -0.15) is 0 Å². The lowest BCUT2D eigenvalue weighted by Crippen LogP contribution is -2.43.